The third-order valence-corrected chi connectivity index (χ3v) is 6.39. The van der Waals surface area contributed by atoms with Gasteiger partial charge in [-0.05, 0) is 42.7 Å². The molecule has 0 saturated carbocycles. The average molecular weight is 456 g/mol. The zero-order chi connectivity index (χ0) is 23.2. The van der Waals surface area contributed by atoms with Crippen LogP contribution in [0.4, 0.5) is 14.5 Å². The van der Waals surface area contributed by atoms with E-state index >= 15 is 0 Å². The van der Waals surface area contributed by atoms with E-state index in [9.17, 15) is 13.6 Å². The first-order valence-electron chi connectivity index (χ1n) is 11.6. The molecule has 0 aromatic heterocycles. The van der Waals surface area contributed by atoms with Crippen molar-refractivity contribution in [3.8, 4) is 0 Å². The lowest BCUT2D eigenvalue weighted by molar-refractivity contribution is 0.0243. The second kappa shape index (κ2) is 10.9. The van der Waals surface area contributed by atoms with E-state index in [1.165, 1.54) is 29.5 Å². The Morgan fingerprint density at radius 1 is 1.00 bits per heavy atom. The molecular formula is C26H31F2N3O2. The Bertz CT molecular complexity index is 950. The quantitative estimate of drug-likeness (QED) is 0.557. The van der Waals surface area contributed by atoms with Gasteiger partial charge >= 0.3 is 0 Å². The molecule has 176 valence electrons. The van der Waals surface area contributed by atoms with Crippen molar-refractivity contribution in [1.29, 1.82) is 0 Å². The van der Waals surface area contributed by atoms with Crippen LogP contribution in [0.5, 0.6) is 0 Å². The molecule has 2 aromatic carbocycles. The molecule has 2 aromatic rings. The molecule has 1 atom stereocenters. The number of amides is 1. The van der Waals surface area contributed by atoms with Crippen LogP contribution in [0.1, 0.15) is 34.9 Å². The number of carbonyl (C=O) groups excluding carboxylic acids is 1. The zero-order valence-electron chi connectivity index (χ0n) is 18.9. The molecule has 0 bridgehead atoms. The van der Waals surface area contributed by atoms with Crippen LogP contribution in [0.25, 0.3) is 0 Å². The highest BCUT2D eigenvalue weighted by Crippen LogP contribution is 2.27. The largest absolute Gasteiger partial charge is 0.372 e. The van der Waals surface area contributed by atoms with Crippen LogP contribution < -0.4 is 4.90 Å². The first kappa shape index (κ1) is 23.4. The minimum atomic E-state index is -0.821. The van der Waals surface area contributed by atoms with Gasteiger partial charge in [-0.2, -0.15) is 0 Å². The highest BCUT2D eigenvalue weighted by Gasteiger charge is 2.28. The molecule has 4 rings (SSSR count). The Kier molecular flexibility index (Phi) is 7.73. The fourth-order valence-corrected chi connectivity index (χ4v) is 4.56. The van der Waals surface area contributed by atoms with Crippen molar-refractivity contribution in [3.63, 3.8) is 0 Å². The summed E-state index contributed by atoms with van der Waals surface area (Å²) in [7, 11) is 0. The van der Waals surface area contributed by atoms with E-state index in [2.05, 4.69) is 40.6 Å². The van der Waals surface area contributed by atoms with Gasteiger partial charge in [-0.15, -0.1) is 6.58 Å². The summed E-state index contributed by atoms with van der Waals surface area (Å²) in [5.41, 5.74) is 1.87. The van der Waals surface area contributed by atoms with Crippen LogP contribution in [0.3, 0.4) is 0 Å². The van der Waals surface area contributed by atoms with Crippen LogP contribution in [0, 0.1) is 11.6 Å². The fourth-order valence-electron chi connectivity index (χ4n) is 4.56. The normalized spacial score (nSPS) is 17.9. The van der Waals surface area contributed by atoms with Gasteiger partial charge in [-0.25, -0.2) is 8.78 Å². The van der Waals surface area contributed by atoms with Gasteiger partial charge < -0.3 is 14.5 Å². The number of hydrogen-bond acceptors (Lipinski definition) is 4. The second-order valence-electron chi connectivity index (χ2n) is 8.59. The molecule has 2 fully saturated rings. The molecule has 2 saturated heterocycles. The van der Waals surface area contributed by atoms with Crippen molar-refractivity contribution in [2.24, 2.45) is 0 Å². The summed E-state index contributed by atoms with van der Waals surface area (Å²) < 4.78 is 34.2. The van der Waals surface area contributed by atoms with E-state index < -0.39 is 23.1 Å². The molecule has 7 heteroatoms. The van der Waals surface area contributed by atoms with Gasteiger partial charge in [-0.1, -0.05) is 24.3 Å². The monoisotopic (exact) mass is 455 g/mol. The number of carbonyl (C=O) groups is 1. The topological polar surface area (TPSA) is 36.0 Å². The van der Waals surface area contributed by atoms with E-state index in [-0.39, 0.29) is 6.10 Å². The van der Waals surface area contributed by atoms with Gasteiger partial charge in [0.25, 0.3) is 5.91 Å². The smallest absolute Gasteiger partial charge is 0.259 e. The first-order valence-corrected chi connectivity index (χ1v) is 11.6. The van der Waals surface area contributed by atoms with Crippen LogP contribution in [-0.4, -0.2) is 68.1 Å². The molecule has 2 aliphatic heterocycles. The van der Waals surface area contributed by atoms with Gasteiger partial charge in [-0.3, -0.25) is 9.69 Å². The first-order chi connectivity index (χ1) is 16.1. The summed E-state index contributed by atoms with van der Waals surface area (Å²) >= 11 is 0. The fraction of sp³-hybridized carbons (Fsp3) is 0.423. The van der Waals surface area contributed by atoms with Gasteiger partial charge in [0, 0.05) is 51.5 Å². The number of anilines is 1. The molecule has 1 unspecified atom stereocenters. The number of rotatable bonds is 8. The lowest BCUT2D eigenvalue weighted by Crippen LogP contribution is -2.50. The molecule has 0 N–H and O–H groups in total. The van der Waals surface area contributed by atoms with Crippen molar-refractivity contribution >= 4 is 11.6 Å². The summed E-state index contributed by atoms with van der Waals surface area (Å²) in [6, 6.07) is 12.0. The number of ether oxygens (including phenoxy) is 1. The molecule has 0 aliphatic carbocycles. The molecule has 33 heavy (non-hydrogen) atoms. The highest BCUT2D eigenvalue weighted by atomic mass is 19.1. The lowest BCUT2D eigenvalue weighted by Gasteiger charge is -2.36. The van der Waals surface area contributed by atoms with E-state index in [0.29, 0.717) is 39.3 Å². The number of halogens is 2. The maximum atomic E-state index is 14.0. The van der Waals surface area contributed by atoms with Crippen LogP contribution in [0.15, 0.2) is 55.1 Å². The lowest BCUT2D eigenvalue weighted by atomic mass is 10.1. The van der Waals surface area contributed by atoms with E-state index in [0.717, 1.165) is 30.8 Å². The summed E-state index contributed by atoms with van der Waals surface area (Å²) in [4.78, 5) is 18.8. The van der Waals surface area contributed by atoms with Crippen molar-refractivity contribution in [2.75, 3.05) is 57.3 Å². The highest BCUT2D eigenvalue weighted by molar-refractivity contribution is 5.94. The van der Waals surface area contributed by atoms with Crippen molar-refractivity contribution in [3.05, 3.63) is 77.9 Å². The Labute approximate surface area is 194 Å². The molecule has 0 spiro atoms. The molecule has 1 amide bonds. The Balaban J connectivity index is 1.40. The molecule has 0 radical (unpaired) electrons. The number of hydrogen-bond donors (Lipinski definition) is 0. The number of benzene rings is 2. The minimum absolute atomic E-state index is 0.128. The maximum Gasteiger partial charge on any atom is 0.259 e. The number of piperazine rings is 1. The predicted octanol–water partition coefficient (Wildman–Crippen LogP) is 4.27. The molecule has 2 aliphatic rings. The second-order valence-corrected chi connectivity index (χ2v) is 8.59. The van der Waals surface area contributed by atoms with Gasteiger partial charge in [0.2, 0.25) is 0 Å². The van der Waals surface area contributed by atoms with E-state index in [1.807, 2.05) is 0 Å². The SMILES string of the molecule is C=CCOC(CN1CCN(C(=O)c2c(F)cccc2F)CC1)c1cccc(N2CCCC2)c1. The Hall–Kier alpha value is -2.77. The Morgan fingerprint density at radius 3 is 2.33 bits per heavy atom. The van der Waals surface area contributed by atoms with Gasteiger partial charge in [0.1, 0.15) is 17.2 Å². The van der Waals surface area contributed by atoms with Crippen LogP contribution >= 0.6 is 0 Å². The number of nitrogens with zero attached hydrogens (tertiary/aromatic N) is 3. The summed E-state index contributed by atoms with van der Waals surface area (Å²) in [5, 5.41) is 0. The Morgan fingerprint density at radius 2 is 1.67 bits per heavy atom. The van der Waals surface area contributed by atoms with E-state index in [1.54, 1.807) is 6.08 Å². The third kappa shape index (κ3) is 5.60. The van der Waals surface area contributed by atoms with Crippen molar-refractivity contribution in [1.82, 2.24) is 9.80 Å². The van der Waals surface area contributed by atoms with Gasteiger partial charge in [0.15, 0.2) is 0 Å². The van der Waals surface area contributed by atoms with E-state index in [4.69, 9.17) is 4.74 Å². The average Bonchev–Trinajstić information content (AvgIpc) is 3.37. The van der Waals surface area contributed by atoms with Crippen LogP contribution in [0.2, 0.25) is 0 Å². The maximum absolute atomic E-state index is 14.0. The van der Waals surface area contributed by atoms with Crippen molar-refractivity contribution in [2.45, 2.75) is 18.9 Å². The summed E-state index contributed by atoms with van der Waals surface area (Å²) in [5.74, 6) is -2.24. The summed E-state index contributed by atoms with van der Waals surface area (Å²) in [6.45, 7) is 9.11. The molecule has 5 nitrogen and oxygen atoms in total. The molecular weight excluding hydrogens is 424 g/mol. The van der Waals surface area contributed by atoms with Crippen LogP contribution in [-0.2, 0) is 4.74 Å². The van der Waals surface area contributed by atoms with Crippen molar-refractivity contribution < 1.29 is 18.3 Å². The predicted molar refractivity (Wildman–Crippen MR) is 125 cm³/mol. The molecule has 2 heterocycles. The zero-order valence-corrected chi connectivity index (χ0v) is 18.9. The standard InChI is InChI=1S/C26H31F2N3O2/c1-2-17-33-24(20-7-5-8-21(18-20)30-11-3-4-12-30)19-29-13-15-31(16-14-29)26(32)25-22(27)9-6-10-23(25)28/h2,5-10,18,24H,1,3-4,11-17,19H2. The van der Waals surface area contributed by atoms with Gasteiger partial charge in [0.05, 0.1) is 12.7 Å². The third-order valence-electron chi connectivity index (χ3n) is 6.39. The summed E-state index contributed by atoms with van der Waals surface area (Å²) in [6.07, 6.45) is 4.06. The minimum Gasteiger partial charge on any atom is -0.372 e.